The molecule has 9 nitrogen and oxygen atoms in total. The van der Waals surface area contributed by atoms with Crippen molar-refractivity contribution < 1.29 is 32.1 Å². The molecule has 4 rings (SSSR count). The maximum absolute atomic E-state index is 13.0. The van der Waals surface area contributed by atoms with E-state index in [1.54, 1.807) is 21.9 Å². The van der Waals surface area contributed by atoms with Gasteiger partial charge in [-0.3, -0.25) is 19.7 Å². The van der Waals surface area contributed by atoms with Gasteiger partial charge in [-0.15, -0.1) is 0 Å². The molecule has 2 aromatic rings. The monoisotopic (exact) mass is 494 g/mol. The molecule has 0 spiro atoms. The first-order chi connectivity index (χ1) is 16.6. The van der Waals surface area contributed by atoms with Crippen LogP contribution in [-0.2, 0) is 11.0 Å². The van der Waals surface area contributed by atoms with Crippen LogP contribution in [0.25, 0.3) is 0 Å². The van der Waals surface area contributed by atoms with Crippen LogP contribution in [0.4, 0.5) is 24.5 Å². The van der Waals surface area contributed by atoms with E-state index in [-0.39, 0.29) is 35.2 Å². The molecule has 0 saturated carbocycles. The normalized spacial score (nSPS) is 17.9. The molecule has 2 fully saturated rings. The molecule has 0 bridgehead atoms. The molecule has 1 aromatic carbocycles. The second-order valence-corrected chi connectivity index (χ2v) is 8.77. The SMILES string of the molecule is O=C(NC1CCN(C(=O)c2ccco2)CC1)C1CCN(c2ccc(C(F)(F)F)cc2[N+](=O)[O-])CC1. The van der Waals surface area contributed by atoms with Gasteiger partial charge in [0, 0.05) is 44.2 Å². The summed E-state index contributed by atoms with van der Waals surface area (Å²) < 4.78 is 44.0. The summed E-state index contributed by atoms with van der Waals surface area (Å²) in [6.07, 6.45) is -1.12. The molecule has 1 aromatic heterocycles. The summed E-state index contributed by atoms with van der Waals surface area (Å²) in [5.74, 6) is -0.290. The standard InChI is InChI=1S/C23H25F3N4O5/c24-23(25,26)16-3-4-18(19(14-16)30(33)34)28-9-5-15(6-10-28)21(31)27-17-7-11-29(12-8-17)22(32)20-2-1-13-35-20/h1-4,13-15,17H,5-12H2,(H,27,31). The Bertz CT molecular complexity index is 1070. The molecule has 35 heavy (non-hydrogen) atoms. The van der Waals surface area contributed by atoms with Crippen molar-refractivity contribution in [2.24, 2.45) is 5.92 Å². The molecule has 1 N–H and O–H groups in total. The number of anilines is 1. The Morgan fingerprint density at radius 1 is 1.06 bits per heavy atom. The summed E-state index contributed by atoms with van der Waals surface area (Å²) in [5, 5.41) is 14.4. The van der Waals surface area contributed by atoms with Gasteiger partial charge in [-0.25, -0.2) is 0 Å². The van der Waals surface area contributed by atoms with Crippen LogP contribution in [0.1, 0.15) is 41.8 Å². The molecular weight excluding hydrogens is 469 g/mol. The number of likely N-dealkylation sites (tertiary alicyclic amines) is 1. The van der Waals surface area contributed by atoms with Crippen molar-refractivity contribution >= 4 is 23.2 Å². The van der Waals surface area contributed by atoms with E-state index in [1.165, 1.54) is 6.26 Å². The number of alkyl halides is 3. The number of rotatable bonds is 5. The van der Waals surface area contributed by atoms with Crippen LogP contribution >= 0.6 is 0 Å². The Balaban J connectivity index is 1.29. The number of halogens is 3. The van der Waals surface area contributed by atoms with E-state index in [0.29, 0.717) is 57.9 Å². The number of nitrogens with zero attached hydrogens (tertiary/aromatic N) is 3. The van der Waals surface area contributed by atoms with Gasteiger partial charge in [0.25, 0.3) is 11.6 Å². The Morgan fingerprint density at radius 3 is 2.31 bits per heavy atom. The number of piperidine rings is 2. The lowest BCUT2D eigenvalue weighted by Crippen LogP contribution is -2.49. The summed E-state index contributed by atoms with van der Waals surface area (Å²) in [5.41, 5.74) is -1.55. The van der Waals surface area contributed by atoms with Crippen molar-refractivity contribution in [3.63, 3.8) is 0 Å². The van der Waals surface area contributed by atoms with Crippen LogP contribution < -0.4 is 10.2 Å². The maximum Gasteiger partial charge on any atom is 0.416 e. The van der Waals surface area contributed by atoms with Crippen LogP contribution in [0.5, 0.6) is 0 Å². The lowest BCUT2D eigenvalue weighted by Gasteiger charge is -2.35. The zero-order chi connectivity index (χ0) is 25.2. The van der Waals surface area contributed by atoms with Gasteiger partial charge in [-0.2, -0.15) is 13.2 Å². The van der Waals surface area contributed by atoms with Gasteiger partial charge in [0.05, 0.1) is 16.7 Å². The number of carbonyl (C=O) groups excluding carboxylic acids is 2. The molecule has 0 radical (unpaired) electrons. The minimum atomic E-state index is -4.67. The van der Waals surface area contributed by atoms with E-state index in [2.05, 4.69) is 5.32 Å². The first-order valence-electron chi connectivity index (χ1n) is 11.4. The average Bonchev–Trinajstić information content (AvgIpc) is 3.38. The number of nitro benzene ring substituents is 1. The number of hydrogen-bond acceptors (Lipinski definition) is 6. The smallest absolute Gasteiger partial charge is 0.416 e. The number of carbonyl (C=O) groups is 2. The van der Waals surface area contributed by atoms with Crippen LogP contribution in [0.15, 0.2) is 41.0 Å². The fourth-order valence-electron chi connectivity index (χ4n) is 4.60. The van der Waals surface area contributed by atoms with Crippen molar-refractivity contribution in [3.05, 3.63) is 58.0 Å². The number of nitrogens with one attached hydrogen (secondary N) is 1. The minimum absolute atomic E-state index is 0.0582. The number of furan rings is 1. The fraction of sp³-hybridized carbons (Fsp3) is 0.478. The molecule has 3 heterocycles. The van der Waals surface area contributed by atoms with E-state index in [0.717, 1.165) is 12.1 Å². The first-order valence-corrected chi connectivity index (χ1v) is 11.4. The predicted octanol–water partition coefficient (Wildman–Crippen LogP) is 3.84. The summed E-state index contributed by atoms with van der Waals surface area (Å²) >= 11 is 0. The van der Waals surface area contributed by atoms with Crippen LogP contribution in [0, 0.1) is 16.0 Å². The summed E-state index contributed by atoms with van der Waals surface area (Å²) in [6, 6.07) is 5.72. The lowest BCUT2D eigenvalue weighted by atomic mass is 9.94. The van der Waals surface area contributed by atoms with E-state index >= 15 is 0 Å². The molecule has 2 aliphatic rings. The van der Waals surface area contributed by atoms with Crippen molar-refractivity contribution in [2.45, 2.75) is 37.9 Å². The van der Waals surface area contributed by atoms with Crippen molar-refractivity contribution in [1.82, 2.24) is 10.2 Å². The molecule has 0 unspecified atom stereocenters. The number of nitro groups is 1. The lowest BCUT2D eigenvalue weighted by molar-refractivity contribution is -0.384. The van der Waals surface area contributed by atoms with Gasteiger partial charge in [0.2, 0.25) is 5.91 Å². The molecule has 0 atom stereocenters. The van der Waals surface area contributed by atoms with E-state index in [1.807, 2.05) is 0 Å². The van der Waals surface area contributed by atoms with Gasteiger partial charge >= 0.3 is 6.18 Å². The predicted molar refractivity (Wildman–Crippen MR) is 119 cm³/mol. The Morgan fingerprint density at radius 2 is 1.74 bits per heavy atom. The third-order valence-corrected chi connectivity index (χ3v) is 6.57. The van der Waals surface area contributed by atoms with Gasteiger partial charge in [0.15, 0.2) is 5.76 Å². The van der Waals surface area contributed by atoms with Gasteiger partial charge in [0.1, 0.15) is 5.69 Å². The van der Waals surface area contributed by atoms with Crippen molar-refractivity contribution in [3.8, 4) is 0 Å². The summed E-state index contributed by atoms with van der Waals surface area (Å²) in [4.78, 5) is 39.1. The Labute approximate surface area is 199 Å². The molecule has 2 amide bonds. The van der Waals surface area contributed by atoms with E-state index in [4.69, 9.17) is 4.42 Å². The average molecular weight is 494 g/mol. The highest BCUT2D eigenvalue weighted by Crippen LogP contribution is 2.37. The number of benzene rings is 1. The fourth-order valence-corrected chi connectivity index (χ4v) is 4.60. The molecule has 188 valence electrons. The highest BCUT2D eigenvalue weighted by Gasteiger charge is 2.35. The Kier molecular flexibility index (Phi) is 6.99. The largest absolute Gasteiger partial charge is 0.459 e. The Hall–Kier alpha value is -3.57. The van der Waals surface area contributed by atoms with E-state index in [9.17, 15) is 32.9 Å². The van der Waals surface area contributed by atoms with Gasteiger partial charge in [-0.05, 0) is 49.9 Å². The van der Waals surface area contributed by atoms with Gasteiger partial charge < -0.3 is 19.5 Å². The third kappa shape index (κ3) is 5.57. The number of amides is 2. The molecule has 2 aliphatic heterocycles. The molecule has 12 heteroatoms. The first kappa shape index (κ1) is 24.6. The topological polar surface area (TPSA) is 109 Å². The van der Waals surface area contributed by atoms with Crippen LogP contribution in [0.3, 0.4) is 0 Å². The molecular formula is C23H25F3N4O5. The van der Waals surface area contributed by atoms with Crippen molar-refractivity contribution in [1.29, 1.82) is 0 Å². The highest BCUT2D eigenvalue weighted by atomic mass is 19.4. The second-order valence-electron chi connectivity index (χ2n) is 8.77. The highest BCUT2D eigenvalue weighted by molar-refractivity contribution is 5.91. The van der Waals surface area contributed by atoms with E-state index < -0.39 is 22.4 Å². The number of hydrogen-bond donors (Lipinski definition) is 1. The maximum atomic E-state index is 13.0. The third-order valence-electron chi connectivity index (χ3n) is 6.57. The van der Waals surface area contributed by atoms with Crippen LogP contribution in [-0.4, -0.2) is 53.9 Å². The van der Waals surface area contributed by atoms with Crippen molar-refractivity contribution in [2.75, 3.05) is 31.1 Å². The minimum Gasteiger partial charge on any atom is -0.459 e. The molecule has 2 saturated heterocycles. The van der Waals surface area contributed by atoms with Gasteiger partial charge in [-0.1, -0.05) is 0 Å². The second kappa shape index (κ2) is 9.96. The zero-order valence-corrected chi connectivity index (χ0v) is 18.8. The van der Waals surface area contributed by atoms with Crippen LogP contribution in [0.2, 0.25) is 0 Å². The quantitative estimate of drug-likeness (QED) is 0.500. The zero-order valence-electron chi connectivity index (χ0n) is 18.8. The molecule has 0 aliphatic carbocycles. The summed E-state index contributed by atoms with van der Waals surface area (Å²) in [7, 11) is 0. The summed E-state index contributed by atoms with van der Waals surface area (Å²) in [6.45, 7) is 1.64.